The van der Waals surface area contributed by atoms with E-state index in [-0.39, 0.29) is 17.7 Å². The minimum Gasteiger partial charge on any atom is -0.426 e. The molecule has 3 heteroatoms. The maximum Gasteiger partial charge on any atom is 0.314 e. The lowest BCUT2D eigenvalue weighted by Gasteiger charge is -2.19. The van der Waals surface area contributed by atoms with Gasteiger partial charge in [0.05, 0.1) is 5.92 Å². The fourth-order valence-electron chi connectivity index (χ4n) is 3.21. The van der Waals surface area contributed by atoms with Gasteiger partial charge in [0.1, 0.15) is 5.75 Å². The average Bonchev–Trinajstić information content (AvgIpc) is 2.67. The van der Waals surface area contributed by atoms with Gasteiger partial charge in [0, 0.05) is 5.56 Å². The number of allylic oxidation sites excluding steroid dienone is 1. The summed E-state index contributed by atoms with van der Waals surface area (Å²) in [5.41, 5.74) is 2.61. The molecule has 0 heterocycles. The van der Waals surface area contributed by atoms with Crippen LogP contribution in [0.15, 0.2) is 54.6 Å². The number of carbonyl (C=O) groups is 2. The van der Waals surface area contributed by atoms with Gasteiger partial charge in [0.25, 0.3) is 0 Å². The van der Waals surface area contributed by atoms with Crippen LogP contribution in [0.4, 0.5) is 0 Å². The molecule has 2 aromatic carbocycles. The lowest BCUT2D eigenvalue weighted by Crippen LogP contribution is -2.22. The van der Waals surface area contributed by atoms with Gasteiger partial charge in [-0.1, -0.05) is 67.3 Å². The molecule has 1 saturated carbocycles. The van der Waals surface area contributed by atoms with Crippen LogP contribution in [0.25, 0.3) is 6.08 Å². The van der Waals surface area contributed by atoms with Crippen molar-refractivity contribution < 1.29 is 14.3 Å². The van der Waals surface area contributed by atoms with E-state index < -0.39 is 0 Å². The molecule has 0 saturated heterocycles. The Bertz CT molecular complexity index is 796. The minimum atomic E-state index is -0.137. The van der Waals surface area contributed by atoms with E-state index in [0.29, 0.717) is 11.3 Å². The van der Waals surface area contributed by atoms with Crippen molar-refractivity contribution in [1.82, 2.24) is 0 Å². The summed E-state index contributed by atoms with van der Waals surface area (Å²) in [6, 6.07) is 14.8. The van der Waals surface area contributed by atoms with Crippen molar-refractivity contribution in [3.63, 3.8) is 0 Å². The fourth-order valence-corrected chi connectivity index (χ4v) is 3.21. The van der Waals surface area contributed by atoms with Crippen LogP contribution in [0, 0.1) is 12.8 Å². The number of hydrogen-bond acceptors (Lipinski definition) is 3. The Morgan fingerprint density at radius 1 is 1.00 bits per heavy atom. The van der Waals surface area contributed by atoms with Gasteiger partial charge < -0.3 is 4.74 Å². The summed E-state index contributed by atoms with van der Waals surface area (Å²) in [5, 5.41) is 0. The van der Waals surface area contributed by atoms with Gasteiger partial charge in [0.2, 0.25) is 0 Å². The quantitative estimate of drug-likeness (QED) is 0.315. The summed E-state index contributed by atoms with van der Waals surface area (Å²) in [6.07, 6.45) is 8.55. The lowest BCUT2D eigenvalue weighted by molar-refractivity contribution is -0.139. The van der Waals surface area contributed by atoms with Crippen molar-refractivity contribution >= 4 is 17.8 Å². The van der Waals surface area contributed by atoms with Crippen molar-refractivity contribution in [3.8, 4) is 5.75 Å². The molecule has 1 fully saturated rings. The van der Waals surface area contributed by atoms with E-state index in [1.165, 1.54) is 6.42 Å². The number of ketones is 1. The van der Waals surface area contributed by atoms with Gasteiger partial charge in [-0.3, -0.25) is 9.59 Å². The van der Waals surface area contributed by atoms with Crippen molar-refractivity contribution in [1.29, 1.82) is 0 Å². The summed E-state index contributed by atoms with van der Waals surface area (Å²) in [4.78, 5) is 24.5. The second-order valence-electron chi connectivity index (χ2n) is 6.89. The van der Waals surface area contributed by atoms with Crippen molar-refractivity contribution in [2.75, 3.05) is 0 Å². The normalized spacial score (nSPS) is 15.1. The Labute approximate surface area is 154 Å². The van der Waals surface area contributed by atoms with Crippen LogP contribution in [0.3, 0.4) is 0 Å². The number of aryl methyl sites for hydroxylation is 1. The first-order valence-electron chi connectivity index (χ1n) is 9.23. The van der Waals surface area contributed by atoms with Crippen molar-refractivity contribution in [2.24, 2.45) is 5.92 Å². The number of hydrogen-bond donors (Lipinski definition) is 0. The highest BCUT2D eigenvalue weighted by Gasteiger charge is 2.22. The molecule has 0 aromatic heterocycles. The Kier molecular flexibility index (Phi) is 6.00. The number of esters is 1. The number of carbonyl (C=O) groups excluding carboxylic acids is 2. The maximum atomic E-state index is 12.3. The van der Waals surface area contributed by atoms with Gasteiger partial charge >= 0.3 is 5.97 Å². The van der Waals surface area contributed by atoms with E-state index in [2.05, 4.69) is 0 Å². The molecule has 0 unspecified atom stereocenters. The molecule has 1 aliphatic rings. The maximum absolute atomic E-state index is 12.3. The average molecular weight is 348 g/mol. The summed E-state index contributed by atoms with van der Waals surface area (Å²) in [7, 11) is 0. The van der Waals surface area contributed by atoms with Crippen molar-refractivity contribution in [2.45, 2.75) is 39.0 Å². The number of ether oxygens (including phenoxy) is 1. The second-order valence-corrected chi connectivity index (χ2v) is 6.89. The van der Waals surface area contributed by atoms with Crippen LogP contribution < -0.4 is 4.74 Å². The molecular formula is C23H24O3. The SMILES string of the molecule is Cc1ccc(C(=O)/C=C/c2cccc(OC(=O)C3CCCCC3)c2)cc1. The standard InChI is InChI=1S/C23H24O3/c1-17-10-13-19(14-11-17)22(24)15-12-18-6-5-9-21(16-18)26-23(25)20-7-3-2-4-8-20/h5-6,9-16,20H,2-4,7-8H2,1H3/b15-12+. The third kappa shape index (κ3) is 4.92. The predicted octanol–water partition coefficient (Wildman–Crippen LogP) is 5.38. The highest BCUT2D eigenvalue weighted by Crippen LogP contribution is 2.26. The molecule has 3 rings (SSSR count). The molecular weight excluding hydrogens is 324 g/mol. The molecule has 0 atom stereocenters. The van der Waals surface area contributed by atoms with Gasteiger partial charge in [-0.25, -0.2) is 0 Å². The molecule has 3 nitrogen and oxygen atoms in total. The monoisotopic (exact) mass is 348 g/mol. The second kappa shape index (κ2) is 8.61. The lowest BCUT2D eigenvalue weighted by atomic mass is 9.89. The number of rotatable bonds is 5. The molecule has 0 amide bonds. The van der Waals surface area contributed by atoms with Crippen molar-refractivity contribution in [3.05, 3.63) is 71.3 Å². The molecule has 0 spiro atoms. The smallest absolute Gasteiger partial charge is 0.314 e. The Balaban J connectivity index is 1.64. The molecule has 134 valence electrons. The largest absolute Gasteiger partial charge is 0.426 e. The van der Waals surface area contributed by atoms with E-state index in [1.54, 1.807) is 24.3 Å². The molecule has 1 aliphatic carbocycles. The zero-order valence-corrected chi connectivity index (χ0v) is 15.1. The van der Waals surface area contributed by atoms with E-state index in [1.807, 2.05) is 43.3 Å². The molecule has 0 bridgehead atoms. The first-order valence-corrected chi connectivity index (χ1v) is 9.23. The van der Waals surface area contributed by atoms with E-state index in [0.717, 1.165) is 36.8 Å². The molecule has 0 radical (unpaired) electrons. The predicted molar refractivity (Wildman–Crippen MR) is 103 cm³/mol. The molecule has 26 heavy (non-hydrogen) atoms. The Morgan fingerprint density at radius 2 is 1.73 bits per heavy atom. The molecule has 2 aromatic rings. The van der Waals surface area contributed by atoms with Gasteiger partial charge in [-0.05, 0) is 43.5 Å². The summed E-state index contributed by atoms with van der Waals surface area (Å²) >= 11 is 0. The summed E-state index contributed by atoms with van der Waals surface area (Å²) in [6.45, 7) is 1.99. The summed E-state index contributed by atoms with van der Waals surface area (Å²) < 4.78 is 5.54. The topological polar surface area (TPSA) is 43.4 Å². The highest BCUT2D eigenvalue weighted by atomic mass is 16.5. The number of benzene rings is 2. The van der Waals surface area contributed by atoms with Crippen LogP contribution in [-0.4, -0.2) is 11.8 Å². The van der Waals surface area contributed by atoms with Crippen LogP contribution in [0.1, 0.15) is 53.6 Å². The Morgan fingerprint density at radius 3 is 2.46 bits per heavy atom. The van der Waals surface area contributed by atoms with E-state index >= 15 is 0 Å². The van der Waals surface area contributed by atoms with Crippen LogP contribution >= 0.6 is 0 Å². The highest BCUT2D eigenvalue weighted by molar-refractivity contribution is 6.06. The zero-order valence-electron chi connectivity index (χ0n) is 15.1. The third-order valence-corrected chi connectivity index (χ3v) is 4.78. The third-order valence-electron chi connectivity index (χ3n) is 4.78. The first kappa shape index (κ1) is 18.1. The summed E-state index contributed by atoms with van der Waals surface area (Å²) in [5.74, 6) is 0.368. The molecule has 0 aliphatic heterocycles. The van der Waals surface area contributed by atoms with E-state index in [9.17, 15) is 9.59 Å². The van der Waals surface area contributed by atoms with Gasteiger partial charge in [-0.2, -0.15) is 0 Å². The van der Waals surface area contributed by atoms with Crippen LogP contribution in [0.2, 0.25) is 0 Å². The van der Waals surface area contributed by atoms with Crippen LogP contribution in [-0.2, 0) is 4.79 Å². The van der Waals surface area contributed by atoms with Crippen LogP contribution in [0.5, 0.6) is 5.75 Å². The fraction of sp³-hybridized carbons (Fsp3) is 0.304. The van der Waals surface area contributed by atoms with Gasteiger partial charge in [0.15, 0.2) is 5.78 Å². The zero-order chi connectivity index (χ0) is 18.4. The molecule has 0 N–H and O–H groups in total. The Hall–Kier alpha value is -2.68. The minimum absolute atomic E-state index is 0.0195. The first-order chi connectivity index (χ1) is 12.6. The van der Waals surface area contributed by atoms with E-state index in [4.69, 9.17) is 4.74 Å². The van der Waals surface area contributed by atoms with Gasteiger partial charge in [-0.15, -0.1) is 0 Å².